The molecule has 1 aliphatic carbocycles. The summed E-state index contributed by atoms with van der Waals surface area (Å²) in [6, 6.07) is 10.6. The Bertz CT molecular complexity index is 782. The topological polar surface area (TPSA) is 70.5 Å². The largest absolute Gasteiger partial charge is 0.356 e. The van der Waals surface area contributed by atoms with E-state index in [-0.39, 0.29) is 35.8 Å². The predicted octanol–water partition coefficient (Wildman–Crippen LogP) is 3.51. The number of benzene rings is 1. The van der Waals surface area contributed by atoms with Gasteiger partial charge in [0.05, 0.1) is 0 Å². The van der Waals surface area contributed by atoms with Gasteiger partial charge in [-0.1, -0.05) is 37.5 Å². The molecular weight excluding hydrogens is 477 g/mol. The highest BCUT2D eigenvalue weighted by atomic mass is 127. The zero-order valence-corrected chi connectivity index (χ0v) is 19.7. The number of halogens is 1. The van der Waals surface area contributed by atoms with E-state index in [0.717, 1.165) is 38.3 Å². The number of aryl methyl sites for hydroxylation is 1. The summed E-state index contributed by atoms with van der Waals surface area (Å²) in [4.78, 5) is 16.4. The second kappa shape index (κ2) is 12.7. The minimum atomic E-state index is 0. The van der Waals surface area contributed by atoms with Gasteiger partial charge in [0.15, 0.2) is 5.96 Å². The first-order valence-electron chi connectivity index (χ1n) is 10.5. The third kappa shape index (κ3) is 7.21. The Balaban J connectivity index is 0.00000300. The van der Waals surface area contributed by atoms with Gasteiger partial charge in [0.2, 0.25) is 5.91 Å². The number of nitrogens with one attached hydrogen (secondary N) is 3. The van der Waals surface area contributed by atoms with Crippen LogP contribution in [0.25, 0.3) is 10.9 Å². The molecule has 1 fully saturated rings. The van der Waals surface area contributed by atoms with Crippen LogP contribution in [0.3, 0.4) is 0 Å². The highest BCUT2D eigenvalue weighted by Crippen LogP contribution is 2.23. The maximum absolute atomic E-state index is 12.1. The summed E-state index contributed by atoms with van der Waals surface area (Å²) in [5.41, 5.74) is 1.28. The summed E-state index contributed by atoms with van der Waals surface area (Å²) in [5, 5.41) is 10.9. The number of para-hydroxylation sites is 1. The Labute approximate surface area is 190 Å². The lowest BCUT2D eigenvalue weighted by atomic mass is 9.89. The summed E-state index contributed by atoms with van der Waals surface area (Å²) < 4.78 is 2.29. The number of rotatable bonds is 8. The van der Waals surface area contributed by atoms with Gasteiger partial charge in [0, 0.05) is 50.9 Å². The van der Waals surface area contributed by atoms with Crippen LogP contribution >= 0.6 is 24.0 Å². The lowest BCUT2D eigenvalue weighted by molar-refractivity contribution is -0.125. The van der Waals surface area contributed by atoms with Gasteiger partial charge in [-0.25, -0.2) is 0 Å². The summed E-state index contributed by atoms with van der Waals surface area (Å²) in [7, 11) is 1.77. The monoisotopic (exact) mass is 511 g/mol. The zero-order chi connectivity index (χ0) is 19.6. The van der Waals surface area contributed by atoms with Gasteiger partial charge < -0.3 is 20.5 Å². The molecular formula is C22H34IN5O. The zero-order valence-electron chi connectivity index (χ0n) is 17.3. The molecule has 0 bridgehead atoms. The van der Waals surface area contributed by atoms with Crippen LogP contribution in [0.1, 0.15) is 38.5 Å². The third-order valence-corrected chi connectivity index (χ3v) is 5.46. The summed E-state index contributed by atoms with van der Waals surface area (Å²) >= 11 is 0. The molecule has 0 aliphatic heterocycles. The number of nitrogens with zero attached hydrogens (tertiary/aromatic N) is 2. The van der Waals surface area contributed by atoms with Crippen LogP contribution in [0.5, 0.6) is 0 Å². The Hall–Kier alpha value is -1.77. The Morgan fingerprint density at radius 2 is 1.76 bits per heavy atom. The molecule has 1 aromatic heterocycles. The van der Waals surface area contributed by atoms with E-state index in [4.69, 9.17) is 0 Å². The van der Waals surface area contributed by atoms with Crippen LogP contribution in [0.15, 0.2) is 41.5 Å². The number of hydrogen-bond acceptors (Lipinski definition) is 2. The van der Waals surface area contributed by atoms with Crippen LogP contribution in [-0.2, 0) is 11.3 Å². The number of guanidine groups is 1. The average molecular weight is 511 g/mol. The van der Waals surface area contributed by atoms with E-state index in [1.807, 2.05) is 0 Å². The molecule has 0 radical (unpaired) electrons. The predicted molar refractivity (Wildman–Crippen MR) is 131 cm³/mol. The maximum atomic E-state index is 12.1. The van der Waals surface area contributed by atoms with Crippen molar-refractivity contribution in [1.82, 2.24) is 20.5 Å². The van der Waals surface area contributed by atoms with Crippen molar-refractivity contribution in [2.75, 3.05) is 26.7 Å². The second-order valence-corrected chi connectivity index (χ2v) is 7.47. The molecule has 3 N–H and O–H groups in total. The molecule has 7 heteroatoms. The molecule has 2 aromatic rings. The van der Waals surface area contributed by atoms with E-state index in [2.05, 4.69) is 62.0 Å². The third-order valence-electron chi connectivity index (χ3n) is 5.46. The number of amides is 1. The van der Waals surface area contributed by atoms with Crippen molar-refractivity contribution in [3.05, 3.63) is 36.5 Å². The molecule has 1 aliphatic rings. The summed E-state index contributed by atoms with van der Waals surface area (Å²) in [6.07, 6.45) is 8.88. The van der Waals surface area contributed by atoms with Crippen LogP contribution < -0.4 is 16.0 Å². The number of carbonyl (C=O) groups is 1. The van der Waals surface area contributed by atoms with E-state index in [1.165, 1.54) is 30.2 Å². The molecule has 6 nitrogen and oxygen atoms in total. The SMILES string of the molecule is CN=C(NCCCn1ccc2ccccc21)NCCNC(=O)C1CCCCC1.I. The fourth-order valence-electron chi connectivity index (χ4n) is 3.89. The van der Waals surface area contributed by atoms with Crippen LogP contribution in [-0.4, -0.2) is 43.1 Å². The van der Waals surface area contributed by atoms with Gasteiger partial charge >= 0.3 is 0 Å². The number of aromatic nitrogens is 1. The summed E-state index contributed by atoms with van der Waals surface area (Å²) in [6.45, 7) is 3.13. The van der Waals surface area contributed by atoms with Crippen molar-refractivity contribution in [2.24, 2.45) is 10.9 Å². The lowest BCUT2D eigenvalue weighted by Gasteiger charge is -2.21. The Kier molecular flexibility index (Phi) is 10.3. The van der Waals surface area contributed by atoms with Crippen molar-refractivity contribution < 1.29 is 4.79 Å². The molecule has 1 aromatic carbocycles. The molecule has 160 valence electrons. The molecule has 0 atom stereocenters. The lowest BCUT2D eigenvalue weighted by Crippen LogP contribution is -2.43. The van der Waals surface area contributed by atoms with Gasteiger partial charge in [-0.3, -0.25) is 9.79 Å². The van der Waals surface area contributed by atoms with Crippen molar-refractivity contribution in [2.45, 2.75) is 45.1 Å². The molecule has 0 spiro atoms. The maximum Gasteiger partial charge on any atom is 0.223 e. The first-order valence-corrected chi connectivity index (χ1v) is 10.5. The van der Waals surface area contributed by atoms with E-state index in [1.54, 1.807) is 7.05 Å². The fourth-order valence-corrected chi connectivity index (χ4v) is 3.89. The van der Waals surface area contributed by atoms with Crippen LogP contribution in [0.2, 0.25) is 0 Å². The molecule has 0 unspecified atom stereocenters. The summed E-state index contributed by atoms with van der Waals surface area (Å²) in [5.74, 6) is 1.21. The normalized spacial score (nSPS) is 15.0. The van der Waals surface area contributed by atoms with Gasteiger partial charge in [0.1, 0.15) is 0 Å². The van der Waals surface area contributed by atoms with E-state index >= 15 is 0 Å². The van der Waals surface area contributed by atoms with Crippen molar-refractivity contribution >= 4 is 46.7 Å². The quantitative estimate of drug-likeness (QED) is 0.220. The first kappa shape index (κ1) is 23.5. The number of hydrogen-bond donors (Lipinski definition) is 3. The second-order valence-electron chi connectivity index (χ2n) is 7.47. The number of aliphatic imine (C=N–C) groups is 1. The van der Waals surface area contributed by atoms with Crippen molar-refractivity contribution in [1.29, 1.82) is 0 Å². The van der Waals surface area contributed by atoms with Crippen molar-refractivity contribution in [3.8, 4) is 0 Å². The van der Waals surface area contributed by atoms with E-state index in [9.17, 15) is 4.79 Å². The molecule has 1 amide bonds. The van der Waals surface area contributed by atoms with Gasteiger partial charge in [0.25, 0.3) is 0 Å². The van der Waals surface area contributed by atoms with Gasteiger partial charge in [-0.2, -0.15) is 0 Å². The van der Waals surface area contributed by atoms with Crippen LogP contribution in [0, 0.1) is 5.92 Å². The van der Waals surface area contributed by atoms with Gasteiger partial charge in [-0.05, 0) is 36.8 Å². The minimum absolute atomic E-state index is 0. The molecule has 1 saturated carbocycles. The van der Waals surface area contributed by atoms with E-state index in [0.29, 0.717) is 13.1 Å². The molecule has 3 rings (SSSR count). The minimum Gasteiger partial charge on any atom is -0.356 e. The standard InChI is InChI=1S/C22H33N5O.HI/c1-23-22(26-15-14-24-21(28)19-9-3-2-4-10-19)25-13-7-16-27-17-12-18-8-5-6-11-20(18)27;/h5-6,8,11-12,17,19H,2-4,7,9-10,13-16H2,1H3,(H,24,28)(H2,23,25,26);1H. The molecule has 0 saturated heterocycles. The smallest absolute Gasteiger partial charge is 0.223 e. The fraction of sp³-hybridized carbons (Fsp3) is 0.545. The number of fused-ring (bicyclic) bond motifs is 1. The highest BCUT2D eigenvalue weighted by Gasteiger charge is 2.20. The average Bonchev–Trinajstić information content (AvgIpc) is 3.16. The number of carbonyl (C=O) groups excluding carboxylic acids is 1. The van der Waals surface area contributed by atoms with E-state index < -0.39 is 0 Å². The van der Waals surface area contributed by atoms with Crippen LogP contribution in [0.4, 0.5) is 0 Å². The molecule has 1 heterocycles. The van der Waals surface area contributed by atoms with Crippen molar-refractivity contribution in [3.63, 3.8) is 0 Å². The Morgan fingerprint density at radius 1 is 1.03 bits per heavy atom. The molecule has 29 heavy (non-hydrogen) atoms. The van der Waals surface area contributed by atoms with Gasteiger partial charge in [-0.15, -0.1) is 24.0 Å². The first-order chi connectivity index (χ1) is 13.8. The Morgan fingerprint density at radius 3 is 2.55 bits per heavy atom. The highest BCUT2D eigenvalue weighted by molar-refractivity contribution is 14.0.